The van der Waals surface area contributed by atoms with Crippen molar-refractivity contribution in [3.05, 3.63) is 35.1 Å². The van der Waals surface area contributed by atoms with Gasteiger partial charge >= 0.3 is 0 Å². The Labute approximate surface area is 89.1 Å². The molecule has 82 valence electrons. The number of hydrogen-bond acceptors (Lipinski definition) is 2. The smallest absolute Gasteiger partial charge is 0.165 e. The third kappa shape index (κ3) is 2.63. The fourth-order valence-corrected chi connectivity index (χ4v) is 1.55. The van der Waals surface area contributed by atoms with Gasteiger partial charge in [0.05, 0.1) is 0 Å². The molecule has 0 amide bonds. The number of carbonyl (C=O) groups excluding carboxylic acids is 1. The maximum absolute atomic E-state index is 12.9. The Bertz CT molecular complexity index is 361. The van der Waals surface area contributed by atoms with Gasteiger partial charge in [0.15, 0.2) is 5.78 Å². The van der Waals surface area contributed by atoms with Crippen LogP contribution in [0.4, 0.5) is 4.39 Å². The number of hydrogen-bond donors (Lipinski definition) is 0. The van der Waals surface area contributed by atoms with Crippen molar-refractivity contribution in [2.75, 3.05) is 7.11 Å². The van der Waals surface area contributed by atoms with Crippen molar-refractivity contribution >= 4 is 5.78 Å². The number of ketones is 1. The monoisotopic (exact) mass is 210 g/mol. The van der Waals surface area contributed by atoms with Gasteiger partial charge in [0.25, 0.3) is 0 Å². The van der Waals surface area contributed by atoms with Crippen molar-refractivity contribution in [2.24, 2.45) is 0 Å². The lowest BCUT2D eigenvalue weighted by molar-refractivity contribution is -0.128. The molecule has 0 heterocycles. The molecule has 1 aromatic carbocycles. The maximum atomic E-state index is 12.9. The summed E-state index contributed by atoms with van der Waals surface area (Å²) < 4.78 is 18.0. The van der Waals surface area contributed by atoms with E-state index in [2.05, 4.69) is 0 Å². The van der Waals surface area contributed by atoms with Gasteiger partial charge in [-0.1, -0.05) is 13.0 Å². The van der Waals surface area contributed by atoms with Crippen molar-refractivity contribution in [3.8, 4) is 0 Å². The van der Waals surface area contributed by atoms with Crippen molar-refractivity contribution in [1.29, 1.82) is 0 Å². The SMILES string of the molecule is CCC(=O)C(OC)c1ccc(F)cc1C. The normalized spacial score (nSPS) is 12.5. The summed E-state index contributed by atoms with van der Waals surface area (Å²) in [5, 5.41) is 0. The molecule has 3 heteroatoms. The van der Waals surface area contributed by atoms with Crippen LogP contribution in [-0.4, -0.2) is 12.9 Å². The number of methoxy groups -OCH3 is 1. The molecule has 0 aromatic heterocycles. The van der Waals surface area contributed by atoms with Crippen LogP contribution in [0.15, 0.2) is 18.2 Å². The molecule has 0 fully saturated rings. The topological polar surface area (TPSA) is 26.3 Å². The van der Waals surface area contributed by atoms with Crippen LogP contribution in [-0.2, 0) is 9.53 Å². The van der Waals surface area contributed by atoms with Crippen LogP contribution in [0.5, 0.6) is 0 Å². The number of benzene rings is 1. The molecule has 0 saturated heterocycles. The van der Waals surface area contributed by atoms with E-state index in [-0.39, 0.29) is 11.6 Å². The zero-order valence-electron chi connectivity index (χ0n) is 9.21. The second kappa shape index (κ2) is 5.03. The van der Waals surface area contributed by atoms with Crippen LogP contribution in [0.25, 0.3) is 0 Å². The Balaban J connectivity index is 3.07. The lowest BCUT2D eigenvalue weighted by Gasteiger charge is -2.15. The van der Waals surface area contributed by atoms with E-state index in [4.69, 9.17) is 4.74 Å². The first kappa shape index (κ1) is 11.9. The molecule has 0 spiro atoms. The molecular weight excluding hydrogens is 195 g/mol. The largest absolute Gasteiger partial charge is 0.369 e. The standard InChI is InChI=1S/C12H15FO2/c1-4-11(14)12(15-3)10-6-5-9(13)7-8(10)2/h5-7,12H,4H2,1-3H3. The Morgan fingerprint density at radius 3 is 2.67 bits per heavy atom. The van der Waals surface area contributed by atoms with Gasteiger partial charge in [-0.25, -0.2) is 4.39 Å². The molecule has 1 rings (SSSR count). The minimum absolute atomic E-state index is 0.00667. The Kier molecular flexibility index (Phi) is 3.97. The van der Waals surface area contributed by atoms with E-state index in [1.54, 1.807) is 19.9 Å². The van der Waals surface area contributed by atoms with Gasteiger partial charge in [0.1, 0.15) is 11.9 Å². The minimum atomic E-state index is -0.574. The van der Waals surface area contributed by atoms with E-state index in [1.165, 1.54) is 19.2 Å². The average molecular weight is 210 g/mol. The molecule has 0 radical (unpaired) electrons. The lowest BCUT2D eigenvalue weighted by Crippen LogP contribution is -2.14. The summed E-state index contributed by atoms with van der Waals surface area (Å²) in [4.78, 5) is 11.6. The molecule has 1 unspecified atom stereocenters. The summed E-state index contributed by atoms with van der Waals surface area (Å²) in [7, 11) is 1.49. The van der Waals surface area contributed by atoms with Gasteiger partial charge in [-0.2, -0.15) is 0 Å². The Hall–Kier alpha value is -1.22. The summed E-state index contributed by atoms with van der Waals surface area (Å²) in [6, 6.07) is 4.36. The number of Topliss-reactive ketones (excluding diaryl/α,β-unsaturated/α-hetero) is 1. The van der Waals surface area contributed by atoms with E-state index in [0.717, 1.165) is 11.1 Å². The highest BCUT2D eigenvalue weighted by Crippen LogP contribution is 2.23. The van der Waals surface area contributed by atoms with Crippen molar-refractivity contribution in [2.45, 2.75) is 26.4 Å². The zero-order valence-corrected chi connectivity index (χ0v) is 9.21. The van der Waals surface area contributed by atoms with Crippen LogP contribution >= 0.6 is 0 Å². The van der Waals surface area contributed by atoms with Gasteiger partial charge in [0.2, 0.25) is 0 Å². The highest BCUT2D eigenvalue weighted by Gasteiger charge is 2.19. The molecular formula is C12H15FO2. The van der Waals surface area contributed by atoms with Gasteiger partial charge in [-0.15, -0.1) is 0 Å². The predicted molar refractivity (Wildman–Crippen MR) is 56.2 cm³/mol. The van der Waals surface area contributed by atoms with Crippen molar-refractivity contribution in [1.82, 2.24) is 0 Å². The first-order chi connectivity index (χ1) is 7.10. The summed E-state index contributed by atoms with van der Waals surface area (Å²) in [5.41, 5.74) is 1.48. The molecule has 0 aliphatic carbocycles. The lowest BCUT2D eigenvalue weighted by atomic mass is 9.99. The zero-order chi connectivity index (χ0) is 11.4. The van der Waals surface area contributed by atoms with Gasteiger partial charge < -0.3 is 4.74 Å². The van der Waals surface area contributed by atoms with E-state index in [9.17, 15) is 9.18 Å². The molecule has 0 aliphatic heterocycles. The second-order valence-corrected chi connectivity index (χ2v) is 3.44. The predicted octanol–water partition coefficient (Wildman–Crippen LogP) is 2.80. The highest BCUT2D eigenvalue weighted by molar-refractivity contribution is 5.84. The molecule has 0 N–H and O–H groups in total. The number of carbonyl (C=O) groups is 1. The van der Waals surface area contributed by atoms with Crippen LogP contribution in [0, 0.1) is 12.7 Å². The molecule has 1 aromatic rings. The highest BCUT2D eigenvalue weighted by atomic mass is 19.1. The van der Waals surface area contributed by atoms with Crippen molar-refractivity contribution < 1.29 is 13.9 Å². The average Bonchev–Trinajstić information content (AvgIpc) is 2.21. The molecule has 2 nitrogen and oxygen atoms in total. The second-order valence-electron chi connectivity index (χ2n) is 3.44. The summed E-state index contributed by atoms with van der Waals surface area (Å²) in [5.74, 6) is -0.290. The number of ether oxygens (including phenoxy) is 1. The summed E-state index contributed by atoms with van der Waals surface area (Å²) >= 11 is 0. The molecule has 1 atom stereocenters. The van der Waals surface area contributed by atoms with Crippen LogP contribution in [0.3, 0.4) is 0 Å². The van der Waals surface area contributed by atoms with E-state index < -0.39 is 6.10 Å². The fraction of sp³-hybridized carbons (Fsp3) is 0.417. The summed E-state index contributed by atoms with van der Waals surface area (Å²) in [6.07, 6.45) is -0.161. The maximum Gasteiger partial charge on any atom is 0.165 e. The first-order valence-corrected chi connectivity index (χ1v) is 4.91. The number of aryl methyl sites for hydroxylation is 1. The number of rotatable bonds is 4. The van der Waals surface area contributed by atoms with Crippen LogP contribution in [0.1, 0.15) is 30.6 Å². The molecule has 15 heavy (non-hydrogen) atoms. The minimum Gasteiger partial charge on any atom is -0.369 e. The third-order valence-corrected chi connectivity index (χ3v) is 2.39. The van der Waals surface area contributed by atoms with Crippen LogP contribution in [0.2, 0.25) is 0 Å². The van der Waals surface area contributed by atoms with Crippen LogP contribution < -0.4 is 0 Å². The number of halogens is 1. The van der Waals surface area contributed by atoms with Gasteiger partial charge in [-0.3, -0.25) is 4.79 Å². The van der Waals surface area contributed by atoms with Crippen molar-refractivity contribution in [3.63, 3.8) is 0 Å². The van der Waals surface area contributed by atoms with E-state index >= 15 is 0 Å². The van der Waals surface area contributed by atoms with E-state index in [0.29, 0.717) is 6.42 Å². The molecule has 0 aliphatic rings. The third-order valence-electron chi connectivity index (χ3n) is 2.39. The first-order valence-electron chi connectivity index (χ1n) is 4.91. The van der Waals surface area contributed by atoms with Gasteiger partial charge in [0, 0.05) is 13.5 Å². The molecule has 0 bridgehead atoms. The summed E-state index contributed by atoms with van der Waals surface area (Å²) in [6.45, 7) is 3.56. The Morgan fingerprint density at radius 1 is 1.53 bits per heavy atom. The Morgan fingerprint density at radius 2 is 2.20 bits per heavy atom. The van der Waals surface area contributed by atoms with E-state index in [1.807, 2.05) is 0 Å². The fourth-order valence-electron chi connectivity index (χ4n) is 1.55. The molecule has 0 saturated carbocycles. The van der Waals surface area contributed by atoms with Gasteiger partial charge in [-0.05, 0) is 30.2 Å². The quantitative estimate of drug-likeness (QED) is 0.763.